The number of imidazole rings is 2. The summed E-state index contributed by atoms with van der Waals surface area (Å²) in [5.74, 6) is -0.331. The molecule has 5 rings (SSSR count). The number of piperidine rings is 1. The number of aryl methyl sites for hydroxylation is 2. The normalized spacial score (nSPS) is 16.9. The van der Waals surface area contributed by atoms with Crippen LogP contribution in [0, 0.1) is 19.7 Å². The highest BCUT2D eigenvalue weighted by atomic mass is 19.1. The van der Waals surface area contributed by atoms with E-state index in [9.17, 15) is 4.39 Å². The van der Waals surface area contributed by atoms with Crippen molar-refractivity contribution in [1.29, 1.82) is 0 Å². The third-order valence-corrected chi connectivity index (χ3v) is 5.86. The summed E-state index contributed by atoms with van der Waals surface area (Å²) in [5.41, 5.74) is 5.48. The smallest absolute Gasteiger partial charge is 0.173 e. The highest BCUT2D eigenvalue weighted by Crippen LogP contribution is 2.33. The SMILES string of the molecule is Cc1cn2nc(-c3cc(F)c4nc(C5(C)CCNCC5)cn4c3)cc(C)c2n1. The molecule has 1 fully saturated rings. The average Bonchev–Trinajstić information content (AvgIpc) is 3.26. The van der Waals surface area contributed by atoms with Crippen LogP contribution in [-0.2, 0) is 5.41 Å². The van der Waals surface area contributed by atoms with E-state index in [0.717, 1.165) is 54.1 Å². The van der Waals surface area contributed by atoms with Gasteiger partial charge in [-0.15, -0.1) is 0 Å². The number of rotatable bonds is 2. The van der Waals surface area contributed by atoms with Gasteiger partial charge in [-0.2, -0.15) is 5.10 Å². The second-order valence-corrected chi connectivity index (χ2v) is 8.11. The van der Waals surface area contributed by atoms with E-state index < -0.39 is 0 Å². The first-order valence-electron chi connectivity index (χ1n) is 9.66. The number of hydrogen-bond donors (Lipinski definition) is 1. The van der Waals surface area contributed by atoms with Crippen molar-refractivity contribution in [3.05, 3.63) is 53.5 Å². The first kappa shape index (κ1) is 17.3. The lowest BCUT2D eigenvalue weighted by atomic mass is 9.78. The van der Waals surface area contributed by atoms with Crippen LogP contribution in [0.15, 0.2) is 30.7 Å². The van der Waals surface area contributed by atoms with Crippen LogP contribution in [0.3, 0.4) is 0 Å². The van der Waals surface area contributed by atoms with Gasteiger partial charge in [0.05, 0.1) is 23.3 Å². The molecule has 6 nitrogen and oxygen atoms in total. The molecule has 0 aliphatic carbocycles. The predicted molar refractivity (Wildman–Crippen MR) is 106 cm³/mol. The monoisotopic (exact) mass is 378 g/mol. The molecule has 28 heavy (non-hydrogen) atoms. The van der Waals surface area contributed by atoms with E-state index in [1.165, 1.54) is 6.07 Å². The molecule has 7 heteroatoms. The van der Waals surface area contributed by atoms with Crippen LogP contribution in [0.2, 0.25) is 0 Å². The standard InChI is InChI=1S/C21H23FN6/c1-13-8-17(26-28-10-14(2)24-19(13)28)15-9-16(22)20-25-18(12-27(20)11-15)21(3)4-6-23-7-5-21/h8-12,23H,4-7H2,1-3H3. The number of nitrogens with zero attached hydrogens (tertiary/aromatic N) is 5. The minimum Gasteiger partial charge on any atom is -0.317 e. The van der Waals surface area contributed by atoms with E-state index >= 15 is 0 Å². The van der Waals surface area contributed by atoms with E-state index in [-0.39, 0.29) is 11.2 Å². The summed E-state index contributed by atoms with van der Waals surface area (Å²) >= 11 is 0. The van der Waals surface area contributed by atoms with Gasteiger partial charge in [0, 0.05) is 23.4 Å². The Balaban J connectivity index is 1.63. The third kappa shape index (κ3) is 2.69. The lowest BCUT2D eigenvalue weighted by Gasteiger charge is -2.32. The van der Waals surface area contributed by atoms with Crippen LogP contribution in [-0.4, -0.2) is 37.1 Å². The molecule has 1 saturated heterocycles. The van der Waals surface area contributed by atoms with Crippen LogP contribution < -0.4 is 5.32 Å². The first-order chi connectivity index (χ1) is 13.4. The summed E-state index contributed by atoms with van der Waals surface area (Å²) in [7, 11) is 0. The molecule has 5 heterocycles. The fourth-order valence-electron chi connectivity index (χ4n) is 4.11. The molecule has 0 aromatic carbocycles. The van der Waals surface area contributed by atoms with Gasteiger partial charge < -0.3 is 9.72 Å². The summed E-state index contributed by atoms with van der Waals surface area (Å²) in [6.45, 7) is 8.08. The average molecular weight is 378 g/mol. The van der Waals surface area contributed by atoms with Crippen molar-refractivity contribution in [1.82, 2.24) is 29.3 Å². The van der Waals surface area contributed by atoms with Crippen molar-refractivity contribution in [3.63, 3.8) is 0 Å². The number of aromatic nitrogens is 5. The van der Waals surface area contributed by atoms with Crippen LogP contribution in [0.5, 0.6) is 0 Å². The molecule has 144 valence electrons. The summed E-state index contributed by atoms with van der Waals surface area (Å²) in [6, 6.07) is 3.47. The zero-order valence-electron chi connectivity index (χ0n) is 16.3. The first-order valence-corrected chi connectivity index (χ1v) is 9.66. The fourth-order valence-corrected chi connectivity index (χ4v) is 4.11. The maximum atomic E-state index is 14.9. The van der Waals surface area contributed by atoms with Gasteiger partial charge in [-0.25, -0.2) is 18.9 Å². The molecule has 0 bridgehead atoms. The Hall–Kier alpha value is -2.80. The lowest BCUT2D eigenvalue weighted by molar-refractivity contribution is 0.328. The number of fused-ring (bicyclic) bond motifs is 2. The second kappa shape index (κ2) is 6.10. The van der Waals surface area contributed by atoms with Crippen LogP contribution in [0.1, 0.15) is 36.7 Å². The number of halogens is 1. The molecule has 0 saturated carbocycles. The minimum atomic E-state index is -0.331. The predicted octanol–water partition coefficient (Wildman–Crippen LogP) is 3.44. The summed E-state index contributed by atoms with van der Waals surface area (Å²) < 4.78 is 18.5. The molecule has 0 spiro atoms. The van der Waals surface area contributed by atoms with Crippen molar-refractivity contribution < 1.29 is 4.39 Å². The van der Waals surface area contributed by atoms with Crippen molar-refractivity contribution >= 4 is 11.3 Å². The van der Waals surface area contributed by atoms with Gasteiger partial charge >= 0.3 is 0 Å². The summed E-state index contributed by atoms with van der Waals surface area (Å²) in [6.07, 6.45) is 7.77. The quantitative estimate of drug-likeness (QED) is 0.580. The fraction of sp³-hybridized carbons (Fsp3) is 0.381. The van der Waals surface area contributed by atoms with Gasteiger partial charge in [-0.1, -0.05) is 6.92 Å². The van der Waals surface area contributed by atoms with Gasteiger partial charge in [0.15, 0.2) is 17.1 Å². The highest BCUT2D eigenvalue weighted by Gasteiger charge is 2.31. The Morgan fingerprint density at radius 1 is 1.04 bits per heavy atom. The molecule has 4 aromatic heterocycles. The Kier molecular flexibility index (Phi) is 3.77. The highest BCUT2D eigenvalue weighted by molar-refractivity contribution is 5.64. The second-order valence-electron chi connectivity index (χ2n) is 8.11. The Morgan fingerprint density at radius 3 is 2.61 bits per heavy atom. The molecule has 0 atom stereocenters. The number of nitrogens with one attached hydrogen (secondary N) is 1. The van der Waals surface area contributed by atoms with E-state index in [1.54, 1.807) is 8.92 Å². The third-order valence-electron chi connectivity index (χ3n) is 5.86. The number of hydrogen-bond acceptors (Lipinski definition) is 4. The van der Waals surface area contributed by atoms with Crippen LogP contribution >= 0.6 is 0 Å². The van der Waals surface area contributed by atoms with Gasteiger partial charge in [0.2, 0.25) is 0 Å². The maximum absolute atomic E-state index is 14.9. The molecular formula is C21H23FN6. The molecule has 0 radical (unpaired) electrons. The summed E-state index contributed by atoms with van der Waals surface area (Å²) in [4.78, 5) is 9.12. The topological polar surface area (TPSA) is 59.5 Å². The van der Waals surface area contributed by atoms with Gasteiger partial charge in [-0.3, -0.25) is 0 Å². The van der Waals surface area contributed by atoms with Crippen molar-refractivity contribution in [2.24, 2.45) is 0 Å². The van der Waals surface area contributed by atoms with E-state index in [0.29, 0.717) is 11.3 Å². The van der Waals surface area contributed by atoms with Crippen LogP contribution in [0.4, 0.5) is 4.39 Å². The lowest BCUT2D eigenvalue weighted by Crippen LogP contribution is -2.37. The molecule has 0 unspecified atom stereocenters. The maximum Gasteiger partial charge on any atom is 0.173 e. The van der Waals surface area contributed by atoms with Gasteiger partial charge in [0.1, 0.15) is 0 Å². The molecule has 0 amide bonds. The summed E-state index contributed by atoms with van der Waals surface area (Å²) in [5, 5.41) is 8.01. The van der Waals surface area contributed by atoms with Gasteiger partial charge in [0.25, 0.3) is 0 Å². The molecule has 1 aliphatic rings. The zero-order chi connectivity index (χ0) is 19.5. The van der Waals surface area contributed by atoms with E-state index in [1.807, 2.05) is 38.5 Å². The van der Waals surface area contributed by atoms with E-state index in [2.05, 4.69) is 27.3 Å². The number of pyridine rings is 1. The Bertz CT molecular complexity index is 1200. The van der Waals surface area contributed by atoms with Crippen molar-refractivity contribution in [2.75, 3.05) is 13.1 Å². The van der Waals surface area contributed by atoms with E-state index in [4.69, 9.17) is 0 Å². The molecule has 1 N–H and O–H groups in total. The van der Waals surface area contributed by atoms with Crippen molar-refractivity contribution in [2.45, 2.75) is 39.0 Å². The Morgan fingerprint density at radius 2 is 1.82 bits per heavy atom. The van der Waals surface area contributed by atoms with Gasteiger partial charge in [-0.05, 0) is 57.5 Å². The molecular weight excluding hydrogens is 355 g/mol. The largest absolute Gasteiger partial charge is 0.317 e. The Labute approximate surface area is 162 Å². The van der Waals surface area contributed by atoms with Crippen LogP contribution in [0.25, 0.3) is 22.6 Å². The zero-order valence-corrected chi connectivity index (χ0v) is 16.3. The van der Waals surface area contributed by atoms with Crippen molar-refractivity contribution in [3.8, 4) is 11.3 Å². The molecule has 1 aliphatic heterocycles. The minimum absolute atomic E-state index is 0.0219. The molecule has 4 aromatic rings.